The van der Waals surface area contributed by atoms with Gasteiger partial charge in [-0.3, -0.25) is 0 Å². The van der Waals surface area contributed by atoms with E-state index in [2.05, 4.69) is 16.5 Å². The van der Waals surface area contributed by atoms with Crippen molar-refractivity contribution in [3.05, 3.63) is 71.4 Å². The molecule has 0 unspecified atom stereocenters. The predicted molar refractivity (Wildman–Crippen MR) is 93.1 cm³/mol. The highest BCUT2D eigenvalue weighted by atomic mass is 16.4. The second-order valence-electron chi connectivity index (χ2n) is 5.92. The van der Waals surface area contributed by atoms with Crippen LogP contribution in [0.25, 0.3) is 5.69 Å². The summed E-state index contributed by atoms with van der Waals surface area (Å²) in [6.45, 7) is 4.42. The van der Waals surface area contributed by atoms with Crippen LogP contribution < -0.4 is 5.32 Å². The number of aliphatic hydroxyl groups excluding tert-OH is 1. The molecular formula is C19H20N4O2. The lowest BCUT2D eigenvalue weighted by Crippen LogP contribution is -2.24. The second kappa shape index (κ2) is 7.34. The normalized spacial score (nSPS) is 13.4. The van der Waals surface area contributed by atoms with Crippen molar-refractivity contribution in [3.63, 3.8) is 0 Å². The van der Waals surface area contributed by atoms with Crippen LogP contribution in [0.5, 0.6) is 0 Å². The smallest absolute Gasteiger partial charge is 0.133 e. The predicted octanol–water partition coefficient (Wildman–Crippen LogP) is 3.03. The molecule has 0 aliphatic rings. The molecule has 2 atom stereocenters. The summed E-state index contributed by atoms with van der Waals surface area (Å²) in [6.07, 6.45) is 2.68. The van der Waals surface area contributed by atoms with Gasteiger partial charge in [0.25, 0.3) is 0 Å². The molecule has 0 amide bonds. The third kappa shape index (κ3) is 3.63. The number of hydrogen-bond acceptors (Lipinski definition) is 5. The average molecular weight is 336 g/mol. The van der Waals surface area contributed by atoms with Crippen LogP contribution >= 0.6 is 0 Å². The van der Waals surface area contributed by atoms with E-state index in [4.69, 9.17) is 9.68 Å². The Hall–Kier alpha value is -2.88. The van der Waals surface area contributed by atoms with E-state index in [1.54, 1.807) is 30.5 Å². The quantitative estimate of drug-likeness (QED) is 0.722. The first-order chi connectivity index (χ1) is 12.1. The Morgan fingerprint density at radius 2 is 2.08 bits per heavy atom. The molecule has 3 rings (SSSR count). The van der Waals surface area contributed by atoms with E-state index in [-0.39, 0.29) is 6.04 Å². The highest BCUT2D eigenvalue weighted by Gasteiger charge is 2.17. The molecule has 128 valence electrons. The molecule has 1 aromatic carbocycles. The summed E-state index contributed by atoms with van der Waals surface area (Å²) < 4.78 is 7.05. The van der Waals surface area contributed by atoms with Gasteiger partial charge >= 0.3 is 0 Å². The van der Waals surface area contributed by atoms with E-state index in [0.29, 0.717) is 17.9 Å². The molecule has 0 saturated carbocycles. The van der Waals surface area contributed by atoms with Gasteiger partial charge in [0, 0.05) is 23.8 Å². The molecular weight excluding hydrogens is 316 g/mol. The fourth-order valence-corrected chi connectivity index (χ4v) is 2.76. The number of nitrogens with one attached hydrogen (secondary N) is 1. The lowest BCUT2D eigenvalue weighted by molar-refractivity contribution is 0.144. The van der Waals surface area contributed by atoms with Gasteiger partial charge in [0.2, 0.25) is 0 Å². The van der Waals surface area contributed by atoms with Gasteiger partial charge in [-0.05, 0) is 50.2 Å². The van der Waals surface area contributed by atoms with Crippen molar-refractivity contribution < 1.29 is 9.52 Å². The average Bonchev–Trinajstić information content (AvgIpc) is 3.29. The maximum atomic E-state index is 10.1. The molecule has 0 radical (unpaired) electrons. The number of furan rings is 1. The van der Waals surface area contributed by atoms with Gasteiger partial charge in [0.1, 0.15) is 11.9 Å². The number of hydrogen-bond donors (Lipinski definition) is 2. The van der Waals surface area contributed by atoms with Crippen LogP contribution in [0.2, 0.25) is 0 Å². The molecule has 6 nitrogen and oxygen atoms in total. The zero-order valence-electron chi connectivity index (χ0n) is 14.2. The minimum Gasteiger partial charge on any atom is -0.467 e. The molecule has 6 heteroatoms. The number of aromatic nitrogens is 2. The molecule has 3 aromatic rings. The highest BCUT2D eigenvalue weighted by molar-refractivity contribution is 5.41. The maximum Gasteiger partial charge on any atom is 0.133 e. The molecule has 0 saturated heterocycles. The lowest BCUT2D eigenvalue weighted by atomic mass is 10.1. The molecule has 0 fully saturated rings. The van der Waals surface area contributed by atoms with Crippen molar-refractivity contribution >= 4 is 0 Å². The van der Waals surface area contributed by atoms with Crippen molar-refractivity contribution in [3.8, 4) is 11.8 Å². The van der Waals surface area contributed by atoms with Crippen molar-refractivity contribution in [2.45, 2.75) is 26.0 Å². The molecule has 0 spiro atoms. The first-order valence-corrected chi connectivity index (χ1v) is 8.10. The van der Waals surface area contributed by atoms with Crippen LogP contribution in [-0.4, -0.2) is 21.4 Å². The fourth-order valence-electron chi connectivity index (χ4n) is 2.76. The summed E-state index contributed by atoms with van der Waals surface area (Å²) in [5.74, 6) is 0.546. The molecule has 25 heavy (non-hydrogen) atoms. The molecule has 2 aromatic heterocycles. The zero-order chi connectivity index (χ0) is 17.8. The third-order valence-corrected chi connectivity index (χ3v) is 4.24. The van der Waals surface area contributed by atoms with Gasteiger partial charge in [-0.15, -0.1) is 0 Å². The Morgan fingerprint density at radius 3 is 2.72 bits per heavy atom. The van der Waals surface area contributed by atoms with Crippen molar-refractivity contribution in [2.75, 3.05) is 6.54 Å². The number of nitrogens with zero attached hydrogens (tertiary/aromatic N) is 3. The fraction of sp³-hybridized carbons (Fsp3) is 0.263. The third-order valence-electron chi connectivity index (χ3n) is 4.24. The Bertz CT molecular complexity index is 860. The topological polar surface area (TPSA) is 87.0 Å². The Morgan fingerprint density at radius 1 is 1.32 bits per heavy atom. The standard InChI is InChI=1S/C19H20N4O2/c1-13(21-12-18(24)19-4-3-9-25-19)17-11-22-23(14(17)2)16-7-5-15(10-20)6-8-16/h3-9,11,13,18,21,24H,12H2,1-2H3/t13-,18+/m1/s1. The van der Waals surface area contributed by atoms with Gasteiger partial charge in [0.05, 0.1) is 29.8 Å². The summed E-state index contributed by atoms with van der Waals surface area (Å²) in [5.41, 5.74) is 3.59. The first kappa shape index (κ1) is 17.0. The molecule has 2 heterocycles. The molecule has 0 aliphatic carbocycles. The SMILES string of the molecule is Cc1c([C@@H](C)NC[C@H](O)c2ccco2)cnn1-c1ccc(C#N)cc1. The van der Waals surface area contributed by atoms with Crippen LogP contribution in [0.3, 0.4) is 0 Å². The molecule has 0 aliphatic heterocycles. The van der Waals surface area contributed by atoms with Crippen molar-refractivity contribution in [2.24, 2.45) is 0 Å². The summed E-state index contributed by atoms with van der Waals surface area (Å²) in [4.78, 5) is 0. The minimum atomic E-state index is -0.689. The van der Waals surface area contributed by atoms with Crippen LogP contribution in [0.1, 0.15) is 41.7 Å². The van der Waals surface area contributed by atoms with Gasteiger partial charge in [0.15, 0.2) is 0 Å². The monoisotopic (exact) mass is 336 g/mol. The Balaban J connectivity index is 1.70. The maximum absolute atomic E-state index is 10.1. The Kier molecular flexibility index (Phi) is 4.98. The van der Waals surface area contributed by atoms with E-state index in [0.717, 1.165) is 16.9 Å². The van der Waals surface area contributed by atoms with E-state index < -0.39 is 6.10 Å². The summed E-state index contributed by atoms with van der Waals surface area (Å²) >= 11 is 0. The zero-order valence-corrected chi connectivity index (χ0v) is 14.2. The summed E-state index contributed by atoms with van der Waals surface area (Å²) in [6, 6.07) is 13.0. The van der Waals surface area contributed by atoms with Gasteiger partial charge < -0.3 is 14.8 Å². The van der Waals surface area contributed by atoms with Crippen LogP contribution in [0.15, 0.2) is 53.3 Å². The van der Waals surface area contributed by atoms with E-state index in [1.165, 1.54) is 0 Å². The molecule has 0 bridgehead atoms. The molecule has 2 N–H and O–H groups in total. The number of nitriles is 1. The lowest BCUT2D eigenvalue weighted by Gasteiger charge is -2.16. The van der Waals surface area contributed by atoms with Gasteiger partial charge in [-0.25, -0.2) is 4.68 Å². The van der Waals surface area contributed by atoms with Crippen molar-refractivity contribution in [1.29, 1.82) is 5.26 Å². The minimum absolute atomic E-state index is 0.0248. The number of aliphatic hydroxyl groups is 1. The first-order valence-electron chi connectivity index (χ1n) is 8.10. The summed E-state index contributed by atoms with van der Waals surface area (Å²) in [7, 11) is 0. The van der Waals surface area contributed by atoms with E-state index in [9.17, 15) is 5.11 Å². The van der Waals surface area contributed by atoms with Crippen LogP contribution in [-0.2, 0) is 0 Å². The van der Waals surface area contributed by atoms with E-state index in [1.807, 2.05) is 36.9 Å². The van der Waals surface area contributed by atoms with Gasteiger partial charge in [-0.2, -0.15) is 10.4 Å². The second-order valence-corrected chi connectivity index (χ2v) is 5.92. The number of benzene rings is 1. The van der Waals surface area contributed by atoms with Crippen LogP contribution in [0, 0.1) is 18.3 Å². The summed E-state index contributed by atoms with van der Waals surface area (Å²) in [5, 5.41) is 26.8. The van der Waals surface area contributed by atoms with Gasteiger partial charge in [-0.1, -0.05) is 0 Å². The number of rotatable bonds is 6. The van der Waals surface area contributed by atoms with Crippen LogP contribution in [0.4, 0.5) is 0 Å². The van der Waals surface area contributed by atoms with E-state index >= 15 is 0 Å². The highest BCUT2D eigenvalue weighted by Crippen LogP contribution is 2.21. The Labute approximate surface area is 146 Å². The van der Waals surface area contributed by atoms with Crippen molar-refractivity contribution in [1.82, 2.24) is 15.1 Å². The largest absolute Gasteiger partial charge is 0.467 e.